The summed E-state index contributed by atoms with van der Waals surface area (Å²) in [5.41, 5.74) is -3.96. The van der Waals surface area contributed by atoms with Gasteiger partial charge in [0.25, 0.3) is 0 Å². The van der Waals surface area contributed by atoms with Gasteiger partial charge in [-0.25, -0.2) is 9.59 Å². The van der Waals surface area contributed by atoms with E-state index in [1.54, 1.807) is 26.4 Å². The molecule has 0 aromatic carbocycles. The third-order valence-corrected chi connectivity index (χ3v) is 5.52. The summed E-state index contributed by atoms with van der Waals surface area (Å²) in [6.45, 7) is 5.92. The first-order valence-corrected chi connectivity index (χ1v) is 10.0. The van der Waals surface area contributed by atoms with Crippen LogP contribution in [0, 0.1) is 0 Å². The summed E-state index contributed by atoms with van der Waals surface area (Å²) in [7, 11) is 0. The Kier molecular flexibility index (Phi) is 10.1. The zero-order valence-electron chi connectivity index (χ0n) is 15.3. The number of esters is 2. The Morgan fingerprint density at radius 1 is 1.20 bits per heavy atom. The summed E-state index contributed by atoms with van der Waals surface area (Å²) in [5, 5.41) is 13.3. The molecule has 0 fully saturated rings. The molecule has 144 valence electrons. The summed E-state index contributed by atoms with van der Waals surface area (Å²) in [6.07, 6.45) is 3.79. The second kappa shape index (κ2) is 10.7. The fraction of sp³-hybridized carbons (Fsp3) is 0.733. The Morgan fingerprint density at radius 2 is 1.72 bits per heavy atom. The molecule has 0 aromatic rings. The molecule has 0 aliphatic rings. The van der Waals surface area contributed by atoms with Gasteiger partial charge in [-0.3, -0.25) is 9.79 Å². The fourth-order valence-corrected chi connectivity index (χ4v) is 3.24. The molecule has 0 radical (unpaired) electrons. The number of aliphatic imine (C=N–C) groups is 1. The number of hydrogen-bond acceptors (Lipinski definition) is 9. The van der Waals surface area contributed by atoms with E-state index in [-0.39, 0.29) is 19.6 Å². The van der Waals surface area contributed by atoms with Crippen molar-refractivity contribution in [3.05, 3.63) is 0 Å². The lowest BCUT2D eigenvalue weighted by Crippen LogP contribution is -2.67. The van der Waals surface area contributed by atoms with Gasteiger partial charge in [0.2, 0.25) is 6.41 Å². The number of hydrogen-bond donors (Lipinski definition) is 2. The molecule has 0 heterocycles. The zero-order chi connectivity index (χ0) is 19.7. The van der Waals surface area contributed by atoms with Crippen LogP contribution < -0.4 is 5.32 Å². The Morgan fingerprint density at radius 3 is 2.12 bits per heavy atom. The van der Waals surface area contributed by atoms with E-state index in [2.05, 4.69) is 10.3 Å². The Balaban J connectivity index is 6.25. The van der Waals surface area contributed by atoms with Crippen LogP contribution in [0.15, 0.2) is 4.99 Å². The molecule has 2 N–H and O–H groups in total. The van der Waals surface area contributed by atoms with Crippen LogP contribution in [0.4, 0.5) is 0 Å². The number of aliphatic hydroxyl groups is 1. The van der Waals surface area contributed by atoms with Crippen LogP contribution in [0.25, 0.3) is 0 Å². The normalized spacial score (nSPS) is 16.6. The van der Waals surface area contributed by atoms with Crippen molar-refractivity contribution in [2.24, 2.45) is 4.99 Å². The minimum atomic E-state index is -2.11. The molecule has 0 aromatic heterocycles. The van der Waals surface area contributed by atoms with Gasteiger partial charge in [0, 0.05) is 0 Å². The Hall–Kier alpha value is -1.26. The first-order valence-electron chi connectivity index (χ1n) is 7.59. The smallest absolute Gasteiger partial charge is 0.336 e. The minimum Gasteiger partial charge on any atom is -0.464 e. The van der Waals surface area contributed by atoms with Crippen molar-refractivity contribution < 1.29 is 29.0 Å². The lowest BCUT2D eigenvalue weighted by atomic mass is 9.77. The molecule has 0 saturated heterocycles. The largest absolute Gasteiger partial charge is 0.464 e. The highest BCUT2D eigenvalue weighted by atomic mass is 32.2. The van der Waals surface area contributed by atoms with Crippen LogP contribution in [0.1, 0.15) is 27.7 Å². The van der Waals surface area contributed by atoms with Crippen molar-refractivity contribution in [1.29, 1.82) is 0 Å². The molecule has 0 aliphatic carbocycles. The predicted octanol–water partition coefficient (Wildman–Crippen LogP) is 0.819. The second-order valence-electron chi connectivity index (χ2n) is 5.20. The van der Waals surface area contributed by atoms with Crippen molar-refractivity contribution in [1.82, 2.24) is 5.32 Å². The number of carbonyl (C=O) groups is 3. The van der Waals surface area contributed by atoms with Crippen LogP contribution in [0.3, 0.4) is 0 Å². The molecular weight excluding hydrogens is 368 g/mol. The number of amides is 1. The van der Waals surface area contributed by atoms with Crippen LogP contribution >= 0.6 is 23.5 Å². The maximum atomic E-state index is 12.6. The lowest BCUT2D eigenvalue weighted by Gasteiger charge is -2.41. The van der Waals surface area contributed by atoms with E-state index in [1.165, 1.54) is 37.4 Å². The van der Waals surface area contributed by atoms with Crippen molar-refractivity contribution in [2.75, 3.05) is 25.7 Å². The first-order chi connectivity index (χ1) is 11.7. The van der Waals surface area contributed by atoms with Crippen LogP contribution in [-0.4, -0.2) is 70.7 Å². The number of thioether (sulfide) groups is 2. The van der Waals surface area contributed by atoms with Gasteiger partial charge in [-0.1, -0.05) is 0 Å². The lowest BCUT2D eigenvalue weighted by molar-refractivity contribution is -0.169. The molecule has 8 nitrogen and oxygen atoms in total. The average molecular weight is 395 g/mol. The van der Waals surface area contributed by atoms with Gasteiger partial charge in [-0.05, 0) is 40.2 Å². The van der Waals surface area contributed by atoms with E-state index in [4.69, 9.17) is 9.47 Å². The molecule has 1 amide bonds. The van der Waals surface area contributed by atoms with Gasteiger partial charge in [0.05, 0.1) is 13.2 Å². The molecule has 25 heavy (non-hydrogen) atoms. The predicted molar refractivity (Wildman–Crippen MR) is 99.7 cm³/mol. The van der Waals surface area contributed by atoms with Gasteiger partial charge >= 0.3 is 11.9 Å². The molecule has 3 atom stereocenters. The van der Waals surface area contributed by atoms with Gasteiger partial charge < -0.3 is 19.9 Å². The fourth-order valence-electron chi connectivity index (χ4n) is 2.03. The SMILES string of the molecule is CCOC(=O)[C@H](NC=O)[C@](C)(O)[C@@](C)(N=C(SC)SC)C(=O)OCC. The summed E-state index contributed by atoms with van der Waals surface area (Å²) < 4.78 is 10.5. The van der Waals surface area contributed by atoms with Crippen molar-refractivity contribution in [3.8, 4) is 0 Å². The van der Waals surface area contributed by atoms with Crippen LogP contribution in [0.2, 0.25) is 0 Å². The van der Waals surface area contributed by atoms with Crippen LogP contribution in [-0.2, 0) is 23.9 Å². The molecule has 0 aliphatic heterocycles. The van der Waals surface area contributed by atoms with Gasteiger partial charge in [-0.15, -0.1) is 23.5 Å². The third-order valence-electron chi connectivity index (χ3n) is 3.64. The maximum absolute atomic E-state index is 12.6. The number of nitrogens with zero attached hydrogens (tertiary/aromatic N) is 1. The summed E-state index contributed by atoms with van der Waals surface area (Å²) in [4.78, 5) is 40.1. The minimum absolute atomic E-state index is 0.0478. The summed E-state index contributed by atoms with van der Waals surface area (Å²) in [5.74, 6) is -1.69. The second-order valence-corrected chi connectivity index (χ2v) is 7.04. The highest BCUT2D eigenvalue weighted by Crippen LogP contribution is 2.34. The summed E-state index contributed by atoms with van der Waals surface area (Å²) in [6, 6.07) is -1.51. The van der Waals surface area contributed by atoms with Gasteiger partial charge in [-0.2, -0.15) is 0 Å². The topological polar surface area (TPSA) is 114 Å². The number of ether oxygens (including phenoxy) is 2. The zero-order valence-corrected chi connectivity index (χ0v) is 17.0. The van der Waals surface area contributed by atoms with E-state index in [9.17, 15) is 19.5 Å². The van der Waals surface area contributed by atoms with Crippen molar-refractivity contribution >= 4 is 46.2 Å². The standard InChI is InChI=1S/C15H26N2O6S2/c1-7-22-11(19)10(16-9-18)15(4,21)14(3,12(20)23-8-2)17-13(24-5)25-6/h9-10,21H,7-8H2,1-6H3,(H,16,18)/t10-,14-,15-/m0/s1. The van der Waals surface area contributed by atoms with Gasteiger partial charge in [0.15, 0.2) is 11.6 Å². The van der Waals surface area contributed by atoms with E-state index in [1.807, 2.05) is 0 Å². The highest BCUT2D eigenvalue weighted by molar-refractivity contribution is 8.38. The molecule has 0 bridgehead atoms. The number of carbonyl (C=O) groups excluding carboxylic acids is 3. The van der Waals surface area contributed by atoms with Gasteiger partial charge in [0.1, 0.15) is 9.98 Å². The van der Waals surface area contributed by atoms with E-state index in [0.717, 1.165) is 0 Å². The van der Waals surface area contributed by atoms with E-state index in [0.29, 0.717) is 4.38 Å². The molecule has 0 rings (SSSR count). The number of rotatable bonds is 9. The van der Waals surface area contributed by atoms with E-state index < -0.39 is 29.1 Å². The monoisotopic (exact) mass is 394 g/mol. The quantitative estimate of drug-likeness (QED) is 0.256. The highest BCUT2D eigenvalue weighted by Gasteiger charge is 2.58. The third kappa shape index (κ3) is 5.61. The molecule has 0 unspecified atom stereocenters. The first kappa shape index (κ1) is 23.7. The summed E-state index contributed by atoms with van der Waals surface area (Å²) >= 11 is 2.56. The Labute approximate surface area is 156 Å². The van der Waals surface area contributed by atoms with Crippen LogP contribution in [0.5, 0.6) is 0 Å². The molecule has 10 heteroatoms. The maximum Gasteiger partial charge on any atom is 0.336 e. The Bertz CT molecular complexity index is 506. The van der Waals surface area contributed by atoms with E-state index >= 15 is 0 Å². The number of nitrogens with one attached hydrogen (secondary N) is 1. The average Bonchev–Trinajstić information content (AvgIpc) is 2.57. The molecular formula is C15H26N2O6S2. The molecule has 0 spiro atoms. The molecule has 0 saturated carbocycles. The van der Waals surface area contributed by atoms with Crippen molar-refractivity contribution in [2.45, 2.75) is 44.9 Å². The van der Waals surface area contributed by atoms with Crippen molar-refractivity contribution in [3.63, 3.8) is 0 Å².